The highest BCUT2D eigenvalue weighted by atomic mass is 16.5. The summed E-state index contributed by atoms with van der Waals surface area (Å²) in [7, 11) is 0. The van der Waals surface area contributed by atoms with E-state index in [9.17, 15) is 14.4 Å². The first kappa shape index (κ1) is 18.6. The summed E-state index contributed by atoms with van der Waals surface area (Å²) in [6.07, 6.45) is -0.195. The molecular formula is C21H22N2O4. The maximum Gasteiger partial charge on any atom is 0.311 e. The summed E-state index contributed by atoms with van der Waals surface area (Å²) in [4.78, 5) is 35.9. The number of para-hydroxylation sites is 1. The molecule has 6 heteroatoms. The quantitative estimate of drug-likeness (QED) is 0.797. The van der Waals surface area contributed by atoms with Gasteiger partial charge in [0.25, 0.3) is 5.91 Å². The SMILES string of the molecule is C[C@@H](OC(=O)[C@@H]1CCC(=O)NC1)C(=O)Nc1ccccc1-c1ccccc1. The lowest BCUT2D eigenvalue weighted by molar-refractivity contribution is -0.158. The Labute approximate surface area is 157 Å². The molecule has 0 aromatic heterocycles. The van der Waals surface area contributed by atoms with Crippen molar-refractivity contribution in [1.29, 1.82) is 0 Å². The van der Waals surface area contributed by atoms with Crippen LogP contribution in [0.3, 0.4) is 0 Å². The van der Waals surface area contributed by atoms with Crippen LogP contribution in [0.5, 0.6) is 0 Å². The standard InChI is InChI=1S/C21H22N2O4/c1-14(27-21(26)16-11-12-19(24)22-13-16)20(25)23-18-10-6-5-9-17(18)15-7-3-2-4-8-15/h2-10,14,16H,11-13H2,1H3,(H,22,24)(H,23,25)/t14-,16-/m1/s1. The molecule has 1 saturated heterocycles. The molecule has 2 aromatic carbocycles. The predicted octanol–water partition coefficient (Wildman–Crippen LogP) is 2.75. The zero-order chi connectivity index (χ0) is 19.2. The van der Waals surface area contributed by atoms with E-state index in [1.165, 1.54) is 0 Å². The lowest BCUT2D eigenvalue weighted by atomic mass is 9.99. The number of nitrogens with one attached hydrogen (secondary N) is 2. The molecule has 0 radical (unpaired) electrons. The van der Waals surface area contributed by atoms with Crippen LogP contribution in [0.1, 0.15) is 19.8 Å². The van der Waals surface area contributed by atoms with E-state index >= 15 is 0 Å². The average molecular weight is 366 g/mol. The molecule has 1 heterocycles. The Morgan fingerprint density at radius 3 is 2.52 bits per heavy atom. The highest BCUT2D eigenvalue weighted by Gasteiger charge is 2.28. The molecule has 2 N–H and O–H groups in total. The molecular weight excluding hydrogens is 344 g/mol. The van der Waals surface area contributed by atoms with Gasteiger partial charge in [0.15, 0.2) is 6.10 Å². The molecule has 1 aliphatic rings. The lowest BCUT2D eigenvalue weighted by Crippen LogP contribution is -2.41. The van der Waals surface area contributed by atoms with Crippen LogP contribution in [0.25, 0.3) is 11.1 Å². The van der Waals surface area contributed by atoms with E-state index < -0.39 is 23.9 Å². The van der Waals surface area contributed by atoms with Crippen molar-refractivity contribution >= 4 is 23.5 Å². The summed E-state index contributed by atoms with van der Waals surface area (Å²) < 4.78 is 5.30. The predicted molar refractivity (Wildman–Crippen MR) is 102 cm³/mol. The molecule has 3 rings (SSSR count). The van der Waals surface area contributed by atoms with E-state index in [2.05, 4.69) is 10.6 Å². The number of hydrogen-bond donors (Lipinski definition) is 2. The van der Waals surface area contributed by atoms with Gasteiger partial charge < -0.3 is 15.4 Å². The highest BCUT2D eigenvalue weighted by molar-refractivity contribution is 5.98. The van der Waals surface area contributed by atoms with Crippen LogP contribution in [0, 0.1) is 5.92 Å². The van der Waals surface area contributed by atoms with Crippen molar-refractivity contribution in [3.05, 3.63) is 54.6 Å². The van der Waals surface area contributed by atoms with Gasteiger partial charge in [-0.15, -0.1) is 0 Å². The van der Waals surface area contributed by atoms with Crippen LogP contribution in [0.2, 0.25) is 0 Å². The number of esters is 1. The van der Waals surface area contributed by atoms with Gasteiger partial charge in [0.1, 0.15) is 0 Å². The molecule has 1 fully saturated rings. The molecule has 2 atom stereocenters. The van der Waals surface area contributed by atoms with Gasteiger partial charge in [0.05, 0.1) is 5.92 Å². The van der Waals surface area contributed by atoms with Gasteiger partial charge in [-0.3, -0.25) is 14.4 Å². The van der Waals surface area contributed by atoms with Crippen molar-refractivity contribution in [1.82, 2.24) is 5.32 Å². The topological polar surface area (TPSA) is 84.5 Å². The maximum atomic E-state index is 12.5. The number of benzene rings is 2. The smallest absolute Gasteiger partial charge is 0.311 e. The third-order valence-corrected chi connectivity index (χ3v) is 4.53. The van der Waals surface area contributed by atoms with E-state index in [4.69, 9.17) is 4.74 Å². The fourth-order valence-electron chi connectivity index (χ4n) is 2.95. The number of piperidine rings is 1. The van der Waals surface area contributed by atoms with Gasteiger partial charge in [0, 0.05) is 24.2 Å². The van der Waals surface area contributed by atoms with Gasteiger partial charge >= 0.3 is 5.97 Å². The third kappa shape index (κ3) is 4.73. The van der Waals surface area contributed by atoms with Gasteiger partial charge in [-0.05, 0) is 25.0 Å². The molecule has 0 unspecified atom stereocenters. The summed E-state index contributed by atoms with van der Waals surface area (Å²) in [6.45, 7) is 1.79. The number of carbonyl (C=O) groups excluding carboxylic acids is 3. The Morgan fingerprint density at radius 2 is 1.81 bits per heavy atom. The third-order valence-electron chi connectivity index (χ3n) is 4.53. The first-order chi connectivity index (χ1) is 13.0. The van der Waals surface area contributed by atoms with Crippen LogP contribution in [-0.2, 0) is 19.1 Å². The summed E-state index contributed by atoms with van der Waals surface area (Å²) in [5, 5.41) is 5.48. The zero-order valence-electron chi connectivity index (χ0n) is 15.1. The Kier molecular flexibility index (Phi) is 5.86. The van der Waals surface area contributed by atoms with Crippen molar-refractivity contribution in [2.45, 2.75) is 25.9 Å². The van der Waals surface area contributed by atoms with Gasteiger partial charge in [0.2, 0.25) is 5.91 Å². The van der Waals surface area contributed by atoms with Gasteiger partial charge in [-0.2, -0.15) is 0 Å². The fraction of sp³-hybridized carbons (Fsp3) is 0.286. The summed E-state index contributed by atoms with van der Waals surface area (Å²) >= 11 is 0. The average Bonchev–Trinajstić information content (AvgIpc) is 2.69. The van der Waals surface area contributed by atoms with Crippen LogP contribution in [0.4, 0.5) is 5.69 Å². The van der Waals surface area contributed by atoms with E-state index in [-0.39, 0.29) is 12.5 Å². The summed E-state index contributed by atoms with van der Waals surface area (Å²) in [6, 6.07) is 17.2. The van der Waals surface area contributed by atoms with Crippen LogP contribution < -0.4 is 10.6 Å². The van der Waals surface area contributed by atoms with Crippen LogP contribution >= 0.6 is 0 Å². The molecule has 2 aromatic rings. The largest absolute Gasteiger partial charge is 0.452 e. The van der Waals surface area contributed by atoms with Gasteiger partial charge in [-0.1, -0.05) is 48.5 Å². The van der Waals surface area contributed by atoms with Gasteiger partial charge in [-0.25, -0.2) is 0 Å². The number of anilines is 1. The minimum atomic E-state index is -0.932. The minimum Gasteiger partial charge on any atom is -0.452 e. The van der Waals surface area contributed by atoms with E-state index in [1.807, 2.05) is 54.6 Å². The molecule has 2 amide bonds. The number of amides is 2. The molecule has 0 bridgehead atoms. The Balaban J connectivity index is 1.64. The summed E-state index contributed by atoms with van der Waals surface area (Å²) in [5.74, 6) is -1.34. The number of carbonyl (C=O) groups is 3. The van der Waals surface area contributed by atoms with Crippen molar-refractivity contribution in [2.75, 3.05) is 11.9 Å². The van der Waals surface area contributed by atoms with Crippen molar-refractivity contribution in [3.63, 3.8) is 0 Å². The number of rotatable bonds is 5. The van der Waals surface area contributed by atoms with Crippen molar-refractivity contribution in [3.8, 4) is 11.1 Å². The Bertz CT molecular complexity index is 825. The van der Waals surface area contributed by atoms with Crippen LogP contribution in [-0.4, -0.2) is 30.4 Å². The molecule has 6 nitrogen and oxygen atoms in total. The second-order valence-electron chi connectivity index (χ2n) is 6.52. The second-order valence-corrected chi connectivity index (χ2v) is 6.52. The fourth-order valence-corrected chi connectivity index (χ4v) is 2.95. The number of hydrogen-bond acceptors (Lipinski definition) is 4. The molecule has 27 heavy (non-hydrogen) atoms. The second kappa shape index (κ2) is 8.49. The zero-order valence-corrected chi connectivity index (χ0v) is 15.1. The first-order valence-corrected chi connectivity index (χ1v) is 8.97. The highest BCUT2D eigenvalue weighted by Crippen LogP contribution is 2.27. The summed E-state index contributed by atoms with van der Waals surface area (Å²) in [5.41, 5.74) is 2.53. The monoisotopic (exact) mass is 366 g/mol. The first-order valence-electron chi connectivity index (χ1n) is 8.97. The Hall–Kier alpha value is -3.15. The van der Waals surface area contributed by atoms with Crippen molar-refractivity contribution < 1.29 is 19.1 Å². The molecule has 1 aliphatic heterocycles. The molecule has 0 spiro atoms. The molecule has 0 aliphatic carbocycles. The van der Waals surface area contributed by atoms with E-state index in [0.717, 1.165) is 11.1 Å². The normalized spacial score (nSPS) is 17.5. The van der Waals surface area contributed by atoms with E-state index in [1.54, 1.807) is 6.92 Å². The van der Waals surface area contributed by atoms with Crippen LogP contribution in [0.15, 0.2) is 54.6 Å². The number of ether oxygens (including phenoxy) is 1. The Morgan fingerprint density at radius 1 is 1.11 bits per heavy atom. The van der Waals surface area contributed by atoms with E-state index in [0.29, 0.717) is 18.5 Å². The molecule has 0 saturated carbocycles. The maximum absolute atomic E-state index is 12.5. The van der Waals surface area contributed by atoms with Crippen molar-refractivity contribution in [2.24, 2.45) is 5.92 Å². The minimum absolute atomic E-state index is 0.0673. The molecule has 140 valence electrons. The lowest BCUT2D eigenvalue weighted by Gasteiger charge is -2.23.